The summed E-state index contributed by atoms with van der Waals surface area (Å²) in [6, 6.07) is 7.24. The van der Waals surface area contributed by atoms with Crippen LogP contribution in [0.15, 0.2) is 28.8 Å². The zero-order valence-electron chi connectivity index (χ0n) is 14.2. The van der Waals surface area contributed by atoms with Crippen molar-refractivity contribution in [1.82, 2.24) is 15.0 Å². The number of carbonyl (C=O) groups excluding carboxylic acids is 1. The van der Waals surface area contributed by atoms with Gasteiger partial charge in [-0.1, -0.05) is 18.5 Å². The monoisotopic (exact) mass is 329 g/mol. The lowest BCUT2D eigenvalue weighted by Gasteiger charge is -2.32. The van der Waals surface area contributed by atoms with E-state index in [1.807, 2.05) is 17.0 Å². The third kappa shape index (κ3) is 3.93. The molecule has 1 aromatic heterocycles. The maximum atomic E-state index is 12.6. The molecular weight excluding hydrogens is 306 g/mol. The number of benzene rings is 1. The number of carbonyl (C=O) groups is 1. The molecule has 0 saturated carbocycles. The van der Waals surface area contributed by atoms with Crippen LogP contribution in [0.2, 0.25) is 0 Å². The molecule has 0 bridgehead atoms. The highest BCUT2D eigenvalue weighted by atomic mass is 16.5. The Balaban J connectivity index is 1.58. The van der Waals surface area contributed by atoms with Crippen molar-refractivity contribution < 1.29 is 14.1 Å². The van der Waals surface area contributed by atoms with Gasteiger partial charge in [0, 0.05) is 25.6 Å². The van der Waals surface area contributed by atoms with Crippen LogP contribution >= 0.6 is 0 Å². The van der Waals surface area contributed by atoms with Gasteiger partial charge in [0.15, 0.2) is 6.61 Å². The van der Waals surface area contributed by atoms with Crippen molar-refractivity contribution in [1.29, 1.82) is 0 Å². The van der Waals surface area contributed by atoms with Gasteiger partial charge in [-0.3, -0.25) is 4.79 Å². The highest BCUT2D eigenvalue weighted by Gasteiger charge is 2.23. The molecule has 24 heavy (non-hydrogen) atoms. The third-order valence-corrected chi connectivity index (χ3v) is 4.42. The molecule has 2 aromatic rings. The van der Waals surface area contributed by atoms with Gasteiger partial charge in [0.1, 0.15) is 5.75 Å². The molecule has 128 valence electrons. The van der Waals surface area contributed by atoms with E-state index in [0.29, 0.717) is 28.9 Å². The lowest BCUT2D eigenvalue weighted by atomic mass is 9.95. The maximum Gasteiger partial charge on any atom is 0.253 e. The zero-order valence-corrected chi connectivity index (χ0v) is 14.2. The Morgan fingerprint density at radius 3 is 2.83 bits per heavy atom. The van der Waals surface area contributed by atoms with Crippen molar-refractivity contribution in [3.8, 4) is 5.75 Å². The van der Waals surface area contributed by atoms with E-state index in [1.165, 1.54) is 6.42 Å². The molecule has 0 N–H and O–H groups in total. The van der Waals surface area contributed by atoms with Crippen LogP contribution in [0, 0.1) is 12.8 Å². The van der Waals surface area contributed by atoms with Crippen LogP contribution in [0.1, 0.15) is 48.3 Å². The second kappa shape index (κ2) is 7.47. The van der Waals surface area contributed by atoms with E-state index in [1.54, 1.807) is 19.1 Å². The second-order valence-electron chi connectivity index (χ2n) is 6.21. The Labute approximate surface area is 141 Å². The van der Waals surface area contributed by atoms with Crippen LogP contribution in [0.3, 0.4) is 0 Å². The summed E-state index contributed by atoms with van der Waals surface area (Å²) in [5.74, 6) is 2.43. The third-order valence-electron chi connectivity index (χ3n) is 4.42. The summed E-state index contributed by atoms with van der Waals surface area (Å²) in [6.45, 7) is 5.89. The van der Waals surface area contributed by atoms with E-state index >= 15 is 0 Å². The number of hydrogen-bond acceptors (Lipinski definition) is 5. The molecule has 1 aliphatic rings. The highest BCUT2D eigenvalue weighted by molar-refractivity contribution is 5.94. The molecule has 1 fully saturated rings. The average Bonchev–Trinajstić information content (AvgIpc) is 3.05. The fraction of sp³-hybridized carbons (Fsp3) is 0.500. The molecule has 6 nitrogen and oxygen atoms in total. The van der Waals surface area contributed by atoms with Crippen molar-refractivity contribution in [2.24, 2.45) is 5.92 Å². The first kappa shape index (κ1) is 16.5. The summed E-state index contributed by atoms with van der Waals surface area (Å²) in [5, 5.41) is 3.78. The minimum atomic E-state index is 0.105. The van der Waals surface area contributed by atoms with Crippen molar-refractivity contribution in [2.75, 3.05) is 13.1 Å². The number of rotatable bonds is 5. The zero-order chi connectivity index (χ0) is 16.9. The van der Waals surface area contributed by atoms with Crippen LogP contribution in [-0.4, -0.2) is 34.0 Å². The van der Waals surface area contributed by atoms with Gasteiger partial charge in [0.25, 0.3) is 5.91 Å². The lowest BCUT2D eigenvalue weighted by molar-refractivity contribution is 0.0671. The number of piperidine rings is 1. The van der Waals surface area contributed by atoms with Gasteiger partial charge >= 0.3 is 0 Å². The second-order valence-corrected chi connectivity index (χ2v) is 6.21. The highest BCUT2D eigenvalue weighted by Crippen LogP contribution is 2.22. The average molecular weight is 329 g/mol. The standard InChI is InChI=1S/C18H23N3O3/c1-3-14-5-4-10-21(11-14)18(22)15-6-8-16(9-7-15)23-12-17-19-13(2)24-20-17/h6-9,14H,3-5,10-12H2,1-2H3/t14-/m0/s1. The van der Waals surface area contributed by atoms with Gasteiger partial charge in [0.05, 0.1) is 0 Å². The van der Waals surface area contributed by atoms with Crippen LogP contribution in [0.5, 0.6) is 5.75 Å². The summed E-state index contributed by atoms with van der Waals surface area (Å²) in [5.41, 5.74) is 0.703. The van der Waals surface area contributed by atoms with E-state index in [0.717, 1.165) is 25.9 Å². The summed E-state index contributed by atoms with van der Waals surface area (Å²) in [6.07, 6.45) is 3.45. The van der Waals surface area contributed by atoms with E-state index in [-0.39, 0.29) is 12.5 Å². The molecule has 0 unspecified atom stereocenters. The van der Waals surface area contributed by atoms with E-state index in [2.05, 4.69) is 17.1 Å². The summed E-state index contributed by atoms with van der Waals surface area (Å²) in [7, 11) is 0. The molecule has 0 radical (unpaired) electrons. The topological polar surface area (TPSA) is 68.5 Å². The van der Waals surface area contributed by atoms with Crippen LogP contribution in [0.25, 0.3) is 0 Å². The Morgan fingerprint density at radius 1 is 1.38 bits per heavy atom. The number of likely N-dealkylation sites (tertiary alicyclic amines) is 1. The van der Waals surface area contributed by atoms with Crippen molar-refractivity contribution >= 4 is 5.91 Å². The summed E-state index contributed by atoms with van der Waals surface area (Å²) >= 11 is 0. The Bertz CT molecular complexity index is 681. The molecule has 0 spiro atoms. The number of nitrogens with zero attached hydrogens (tertiary/aromatic N) is 3. The molecule has 1 aliphatic heterocycles. The first-order chi connectivity index (χ1) is 11.7. The Morgan fingerprint density at radius 2 is 2.17 bits per heavy atom. The summed E-state index contributed by atoms with van der Waals surface area (Å²) < 4.78 is 10.5. The molecule has 6 heteroatoms. The SMILES string of the molecule is CC[C@H]1CCCN(C(=O)c2ccc(OCc3noc(C)n3)cc2)C1. The molecule has 0 aliphatic carbocycles. The van der Waals surface area contributed by atoms with Crippen molar-refractivity contribution in [3.05, 3.63) is 41.5 Å². The van der Waals surface area contributed by atoms with Crippen LogP contribution in [-0.2, 0) is 6.61 Å². The van der Waals surface area contributed by atoms with Crippen molar-refractivity contribution in [2.45, 2.75) is 39.7 Å². The smallest absolute Gasteiger partial charge is 0.253 e. The summed E-state index contributed by atoms with van der Waals surface area (Å²) in [4.78, 5) is 18.7. The minimum Gasteiger partial charge on any atom is -0.485 e. The number of ether oxygens (including phenoxy) is 1. The number of aryl methyl sites for hydroxylation is 1. The molecule has 2 heterocycles. The van der Waals surface area contributed by atoms with Crippen LogP contribution in [0.4, 0.5) is 0 Å². The Kier molecular flexibility index (Phi) is 5.13. The molecule has 3 rings (SSSR count). The fourth-order valence-electron chi connectivity index (χ4n) is 3.01. The molecule has 1 aromatic carbocycles. The number of aromatic nitrogens is 2. The number of amides is 1. The van der Waals surface area contributed by atoms with Gasteiger partial charge in [-0.15, -0.1) is 0 Å². The predicted molar refractivity (Wildman–Crippen MR) is 88.7 cm³/mol. The lowest BCUT2D eigenvalue weighted by Crippen LogP contribution is -2.39. The molecular formula is C18H23N3O3. The van der Waals surface area contributed by atoms with E-state index < -0.39 is 0 Å². The van der Waals surface area contributed by atoms with Gasteiger partial charge in [-0.05, 0) is 43.0 Å². The normalized spacial score (nSPS) is 17.8. The molecule has 1 saturated heterocycles. The van der Waals surface area contributed by atoms with Crippen LogP contribution < -0.4 is 4.74 Å². The first-order valence-electron chi connectivity index (χ1n) is 8.47. The van der Waals surface area contributed by atoms with E-state index in [9.17, 15) is 4.79 Å². The van der Waals surface area contributed by atoms with E-state index in [4.69, 9.17) is 9.26 Å². The van der Waals surface area contributed by atoms with Crippen molar-refractivity contribution in [3.63, 3.8) is 0 Å². The fourth-order valence-corrected chi connectivity index (χ4v) is 3.01. The number of hydrogen-bond donors (Lipinski definition) is 0. The Hall–Kier alpha value is -2.37. The van der Waals surface area contributed by atoms with Gasteiger partial charge in [-0.2, -0.15) is 4.98 Å². The largest absolute Gasteiger partial charge is 0.485 e. The minimum absolute atomic E-state index is 0.105. The molecule has 1 atom stereocenters. The first-order valence-corrected chi connectivity index (χ1v) is 8.47. The predicted octanol–water partition coefficient (Wildman–Crippen LogP) is 3.22. The maximum absolute atomic E-state index is 12.6. The molecule has 1 amide bonds. The quantitative estimate of drug-likeness (QED) is 0.842. The van der Waals surface area contributed by atoms with Gasteiger partial charge < -0.3 is 14.2 Å². The van der Waals surface area contributed by atoms with Gasteiger partial charge in [0.2, 0.25) is 11.7 Å². The van der Waals surface area contributed by atoms with Gasteiger partial charge in [-0.25, -0.2) is 0 Å².